The zero-order valence-electron chi connectivity index (χ0n) is 20.4. The molecule has 4 bridgehead atoms. The predicted molar refractivity (Wildman–Crippen MR) is 138 cm³/mol. The highest BCUT2D eigenvalue weighted by Crippen LogP contribution is 2.61. The fourth-order valence-electron chi connectivity index (χ4n) is 7.93. The molecule has 0 amide bonds. The number of rotatable bonds is 7. The topological polar surface area (TPSA) is 66.8 Å². The summed E-state index contributed by atoms with van der Waals surface area (Å²) in [5.41, 5.74) is 5.62. The number of carboxylic acids is 1. The van der Waals surface area contributed by atoms with Crippen LogP contribution < -0.4 is 0 Å². The van der Waals surface area contributed by atoms with Gasteiger partial charge in [-0.15, -0.1) is 0 Å². The molecule has 4 fully saturated rings. The maximum Gasteiger partial charge on any atom is 0.335 e. The van der Waals surface area contributed by atoms with Crippen LogP contribution in [-0.4, -0.2) is 36.0 Å². The molecule has 0 saturated heterocycles. The summed E-state index contributed by atoms with van der Waals surface area (Å²) in [6, 6.07) is 18.4. The Morgan fingerprint density at radius 3 is 2.17 bits per heavy atom. The molecule has 4 aliphatic rings. The number of aromatic carboxylic acids is 1. The highest BCUT2D eigenvalue weighted by molar-refractivity contribution is 5.95. The van der Waals surface area contributed by atoms with Crippen molar-refractivity contribution in [1.82, 2.24) is 0 Å². The van der Waals surface area contributed by atoms with Gasteiger partial charge in [0.2, 0.25) is 0 Å². The summed E-state index contributed by atoms with van der Waals surface area (Å²) in [5, 5.41) is 21.9. The molecule has 3 aromatic carbocycles. The molecule has 4 aliphatic carbocycles. The second kappa shape index (κ2) is 8.76. The zero-order valence-corrected chi connectivity index (χ0v) is 20.4. The average Bonchev–Trinajstić information content (AvgIpc) is 2.83. The Hall–Kier alpha value is -2.69. The van der Waals surface area contributed by atoms with Crippen LogP contribution >= 0.6 is 0 Å². The molecule has 0 radical (unpaired) electrons. The van der Waals surface area contributed by atoms with Crippen LogP contribution in [-0.2, 0) is 16.6 Å². The van der Waals surface area contributed by atoms with E-state index in [1.807, 2.05) is 12.1 Å². The summed E-state index contributed by atoms with van der Waals surface area (Å²) in [4.78, 5) is 11.4. The second-order valence-corrected chi connectivity index (χ2v) is 11.5. The lowest BCUT2D eigenvalue weighted by Crippen LogP contribution is -2.49. The highest BCUT2D eigenvalue weighted by atomic mass is 16.5. The van der Waals surface area contributed by atoms with Crippen LogP contribution in [0, 0.1) is 17.8 Å². The molecule has 4 nitrogen and oxygen atoms in total. The number of aliphatic hydroxyl groups is 1. The Balaban J connectivity index is 1.42. The molecule has 0 spiro atoms. The summed E-state index contributed by atoms with van der Waals surface area (Å²) in [6.07, 6.45) is 8.20. The summed E-state index contributed by atoms with van der Waals surface area (Å²) >= 11 is 0. The van der Waals surface area contributed by atoms with Gasteiger partial charge < -0.3 is 14.9 Å². The fourth-order valence-corrected chi connectivity index (χ4v) is 7.93. The smallest absolute Gasteiger partial charge is 0.335 e. The molecular weight excluding hydrogens is 436 g/mol. The minimum atomic E-state index is -0.901. The van der Waals surface area contributed by atoms with E-state index in [4.69, 9.17) is 4.74 Å². The first-order valence-corrected chi connectivity index (χ1v) is 13.0. The van der Waals surface area contributed by atoms with Gasteiger partial charge in [0.15, 0.2) is 0 Å². The van der Waals surface area contributed by atoms with Gasteiger partial charge in [0.1, 0.15) is 0 Å². The molecule has 3 aromatic rings. The minimum absolute atomic E-state index is 0.236. The lowest BCUT2D eigenvalue weighted by atomic mass is 9.47. The van der Waals surface area contributed by atoms with E-state index >= 15 is 0 Å². The number of hydrogen-bond acceptors (Lipinski definition) is 3. The van der Waals surface area contributed by atoms with Gasteiger partial charge in [0.25, 0.3) is 0 Å². The Bertz CT molecular complexity index is 1240. The molecule has 182 valence electrons. The van der Waals surface area contributed by atoms with Crippen molar-refractivity contribution in [3.05, 3.63) is 71.3 Å². The molecule has 1 atom stereocenters. The molecule has 0 heterocycles. The van der Waals surface area contributed by atoms with Crippen LogP contribution in [0.4, 0.5) is 0 Å². The molecule has 7 rings (SSSR count). The first kappa shape index (κ1) is 22.8. The monoisotopic (exact) mass is 470 g/mol. The van der Waals surface area contributed by atoms with Crippen LogP contribution in [0.25, 0.3) is 21.9 Å². The van der Waals surface area contributed by atoms with E-state index < -0.39 is 12.1 Å². The van der Waals surface area contributed by atoms with Crippen LogP contribution in [0.2, 0.25) is 0 Å². The number of methoxy groups -OCH3 is 1. The Labute approximate surface area is 206 Å². The van der Waals surface area contributed by atoms with Crippen LogP contribution in [0.15, 0.2) is 54.6 Å². The van der Waals surface area contributed by atoms with Gasteiger partial charge >= 0.3 is 5.97 Å². The van der Waals surface area contributed by atoms with Crippen LogP contribution in [0.1, 0.15) is 60.0 Å². The number of carbonyl (C=O) groups is 1. The standard InChI is InChI=1S/C31H34O4/c1-35-18-28(32)13-26-6-4-25(23-2-3-24-12-27(30(33)34)7-5-22(24)11-23)14-29(26)31-15-19-8-20(16-31)10-21(9-19)17-31/h2-7,11-12,14,19-21,28,32H,8-10,13,15-18H2,1H3,(H,33,34). The van der Waals surface area contributed by atoms with Crippen molar-refractivity contribution in [2.45, 2.75) is 56.5 Å². The van der Waals surface area contributed by atoms with Crippen molar-refractivity contribution in [2.75, 3.05) is 13.7 Å². The summed E-state index contributed by atoms with van der Waals surface area (Å²) in [6.45, 7) is 0.352. The van der Waals surface area contributed by atoms with E-state index in [1.165, 1.54) is 55.2 Å². The van der Waals surface area contributed by atoms with Gasteiger partial charge in [-0.05, 0) is 113 Å². The van der Waals surface area contributed by atoms with E-state index in [-0.39, 0.29) is 5.41 Å². The first-order chi connectivity index (χ1) is 16.9. The molecular formula is C31H34O4. The number of fused-ring (bicyclic) bond motifs is 1. The SMILES string of the molecule is COCC(O)Cc1ccc(-c2ccc3cc(C(=O)O)ccc3c2)cc1C12CC3CC(CC(C3)C1)C2. The zero-order chi connectivity index (χ0) is 24.2. The van der Waals surface area contributed by atoms with E-state index in [0.29, 0.717) is 18.6 Å². The second-order valence-electron chi connectivity index (χ2n) is 11.5. The average molecular weight is 471 g/mol. The molecule has 4 saturated carbocycles. The predicted octanol–water partition coefficient (Wildman–Crippen LogP) is 6.22. The number of hydrogen-bond donors (Lipinski definition) is 2. The third-order valence-electron chi connectivity index (χ3n) is 8.95. The third kappa shape index (κ3) is 4.17. The number of carboxylic acid groups (broad SMARTS) is 1. The van der Waals surface area contributed by atoms with Crippen molar-refractivity contribution in [2.24, 2.45) is 17.8 Å². The molecule has 0 aliphatic heterocycles. The largest absolute Gasteiger partial charge is 0.478 e. The summed E-state index contributed by atoms with van der Waals surface area (Å²) < 4.78 is 5.24. The third-order valence-corrected chi connectivity index (χ3v) is 8.95. The van der Waals surface area contributed by atoms with Gasteiger partial charge in [-0.3, -0.25) is 0 Å². The maximum atomic E-state index is 11.4. The normalized spacial score (nSPS) is 27.9. The van der Waals surface area contributed by atoms with Gasteiger partial charge in [-0.25, -0.2) is 4.79 Å². The Morgan fingerprint density at radius 2 is 1.51 bits per heavy atom. The van der Waals surface area contributed by atoms with Gasteiger partial charge in [-0.2, -0.15) is 0 Å². The Kier molecular flexibility index (Phi) is 5.69. The lowest BCUT2D eigenvalue weighted by Gasteiger charge is -2.57. The fraction of sp³-hybridized carbons (Fsp3) is 0.452. The number of ether oxygens (including phenoxy) is 1. The minimum Gasteiger partial charge on any atom is -0.478 e. The summed E-state index contributed by atoms with van der Waals surface area (Å²) in [5.74, 6) is 1.66. The van der Waals surface area contributed by atoms with Gasteiger partial charge in [-0.1, -0.05) is 36.4 Å². The van der Waals surface area contributed by atoms with E-state index in [0.717, 1.165) is 34.1 Å². The van der Waals surface area contributed by atoms with Gasteiger partial charge in [0, 0.05) is 13.5 Å². The van der Waals surface area contributed by atoms with Gasteiger partial charge in [0.05, 0.1) is 18.3 Å². The van der Waals surface area contributed by atoms with Crippen LogP contribution in [0.5, 0.6) is 0 Å². The molecule has 4 heteroatoms. The molecule has 0 aromatic heterocycles. The summed E-state index contributed by atoms with van der Waals surface area (Å²) in [7, 11) is 1.64. The lowest BCUT2D eigenvalue weighted by molar-refractivity contribution is -0.00599. The van der Waals surface area contributed by atoms with Crippen LogP contribution in [0.3, 0.4) is 0 Å². The highest BCUT2D eigenvalue weighted by Gasteiger charge is 2.52. The first-order valence-electron chi connectivity index (χ1n) is 13.0. The molecule has 2 N–H and O–H groups in total. The van der Waals surface area contributed by atoms with E-state index in [9.17, 15) is 15.0 Å². The van der Waals surface area contributed by atoms with E-state index in [2.05, 4.69) is 30.3 Å². The number of aliphatic hydroxyl groups excluding tert-OH is 1. The molecule has 35 heavy (non-hydrogen) atoms. The maximum absolute atomic E-state index is 11.4. The number of benzene rings is 3. The Morgan fingerprint density at radius 1 is 0.914 bits per heavy atom. The van der Waals surface area contributed by atoms with Crippen molar-refractivity contribution in [3.8, 4) is 11.1 Å². The quantitative estimate of drug-likeness (QED) is 0.430. The van der Waals surface area contributed by atoms with Crippen molar-refractivity contribution in [1.29, 1.82) is 0 Å². The van der Waals surface area contributed by atoms with Crippen molar-refractivity contribution < 1.29 is 19.7 Å². The van der Waals surface area contributed by atoms with Crippen molar-refractivity contribution in [3.63, 3.8) is 0 Å². The molecule has 1 unspecified atom stereocenters. The van der Waals surface area contributed by atoms with Crippen molar-refractivity contribution >= 4 is 16.7 Å². The van der Waals surface area contributed by atoms with E-state index in [1.54, 1.807) is 19.2 Å².